The quantitative estimate of drug-likeness (QED) is 0.455. The van der Waals surface area contributed by atoms with Crippen LogP contribution in [0.3, 0.4) is 0 Å². The van der Waals surface area contributed by atoms with Gasteiger partial charge in [-0.25, -0.2) is 14.4 Å². The highest BCUT2D eigenvalue weighted by Gasteiger charge is 2.19. The van der Waals surface area contributed by atoms with Crippen LogP contribution in [-0.4, -0.2) is 20.1 Å². The van der Waals surface area contributed by atoms with E-state index in [4.69, 9.17) is 11.6 Å². The molecule has 2 aromatic carbocycles. The fraction of sp³-hybridized carbons (Fsp3) is 0.174. The van der Waals surface area contributed by atoms with Crippen LogP contribution >= 0.6 is 11.6 Å². The first-order valence-electron chi connectivity index (χ1n) is 9.44. The molecular weight excluding hydrogens is 403 g/mol. The summed E-state index contributed by atoms with van der Waals surface area (Å²) in [5.74, 6) is 0.0770. The smallest absolute Gasteiger partial charge is 0.159 e. The van der Waals surface area contributed by atoms with Crippen molar-refractivity contribution in [3.05, 3.63) is 83.3 Å². The van der Waals surface area contributed by atoms with Crippen LogP contribution < -0.4 is 5.32 Å². The number of hydrogen-bond acceptors (Lipinski definition) is 5. The van der Waals surface area contributed by atoms with Gasteiger partial charge in [0.15, 0.2) is 5.82 Å². The van der Waals surface area contributed by atoms with Crippen molar-refractivity contribution >= 4 is 28.2 Å². The normalized spacial score (nSPS) is 11.6. The third kappa shape index (κ3) is 4.10. The first kappa shape index (κ1) is 20.2. The molecule has 0 saturated carbocycles. The third-order valence-electron chi connectivity index (χ3n) is 4.77. The summed E-state index contributed by atoms with van der Waals surface area (Å²) in [6, 6.07) is 12.4. The van der Waals surface area contributed by atoms with Crippen LogP contribution in [0.1, 0.15) is 25.2 Å². The number of aromatic nitrogens is 3. The van der Waals surface area contributed by atoms with Crippen LogP contribution in [0, 0.1) is 5.82 Å². The molecule has 0 aliphatic rings. The average Bonchev–Trinajstić information content (AvgIpc) is 2.73. The lowest BCUT2D eigenvalue weighted by atomic mass is 10.0. The van der Waals surface area contributed by atoms with E-state index in [2.05, 4.69) is 20.3 Å². The summed E-state index contributed by atoms with van der Waals surface area (Å²) in [6.07, 6.45) is 4.92. The van der Waals surface area contributed by atoms with Crippen molar-refractivity contribution in [2.75, 3.05) is 5.32 Å². The van der Waals surface area contributed by atoms with Crippen LogP contribution in [0.2, 0.25) is 5.02 Å². The first-order valence-corrected chi connectivity index (χ1v) is 9.81. The summed E-state index contributed by atoms with van der Waals surface area (Å²) < 4.78 is 14.0. The van der Waals surface area contributed by atoms with E-state index in [1.54, 1.807) is 50.6 Å². The lowest BCUT2D eigenvalue weighted by Gasteiger charge is -2.15. The number of rotatable bonds is 5. The highest BCUT2D eigenvalue weighted by molar-refractivity contribution is 6.34. The molecule has 4 aromatic rings. The van der Waals surface area contributed by atoms with Gasteiger partial charge in [0.2, 0.25) is 0 Å². The largest absolute Gasteiger partial charge is 0.382 e. The second-order valence-corrected chi connectivity index (χ2v) is 7.92. The molecule has 2 N–H and O–H groups in total. The van der Waals surface area contributed by atoms with E-state index in [9.17, 15) is 9.50 Å². The molecule has 0 spiro atoms. The SMILES string of the molecule is CC(C)(O)c1ncc(-c2ccc3ncc(Cl)c(NCc4ccccc4F)c3c2)cn1. The zero-order valence-corrected chi connectivity index (χ0v) is 17.3. The molecule has 152 valence electrons. The number of hydrogen-bond donors (Lipinski definition) is 2. The summed E-state index contributed by atoms with van der Waals surface area (Å²) in [5, 5.41) is 14.5. The fourth-order valence-electron chi connectivity index (χ4n) is 3.15. The second kappa shape index (κ2) is 7.97. The van der Waals surface area contributed by atoms with E-state index < -0.39 is 5.60 Å². The first-order chi connectivity index (χ1) is 14.3. The van der Waals surface area contributed by atoms with Crippen LogP contribution in [0.15, 0.2) is 61.1 Å². The Labute approximate surface area is 178 Å². The lowest BCUT2D eigenvalue weighted by molar-refractivity contribution is 0.0687. The maximum Gasteiger partial charge on any atom is 0.159 e. The zero-order valence-electron chi connectivity index (χ0n) is 16.5. The van der Waals surface area contributed by atoms with Crippen LogP contribution in [0.4, 0.5) is 10.1 Å². The molecular formula is C23H20ClFN4O. The monoisotopic (exact) mass is 422 g/mol. The molecule has 0 unspecified atom stereocenters. The number of nitrogens with one attached hydrogen (secondary N) is 1. The van der Waals surface area contributed by atoms with Gasteiger partial charge in [-0.3, -0.25) is 4.98 Å². The molecule has 0 radical (unpaired) electrons. The van der Waals surface area contributed by atoms with Crippen molar-refractivity contribution in [1.82, 2.24) is 15.0 Å². The summed E-state index contributed by atoms with van der Waals surface area (Å²) in [4.78, 5) is 12.9. The summed E-state index contributed by atoms with van der Waals surface area (Å²) in [7, 11) is 0. The van der Waals surface area contributed by atoms with E-state index in [0.29, 0.717) is 28.6 Å². The molecule has 2 heterocycles. The highest BCUT2D eigenvalue weighted by atomic mass is 35.5. The van der Waals surface area contributed by atoms with Gasteiger partial charge in [-0.1, -0.05) is 35.9 Å². The zero-order chi connectivity index (χ0) is 21.3. The Bertz CT molecular complexity index is 1210. The predicted octanol–water partition coefficient (Wildman–Crippen LogP) is 5.32. The van der Waals surface area contributed by atoms with E-state index >= 15 is 0 Å². The van der Waals surface area contributed by atoms with E-state index in [-0.39, 0.29) is 5.82 Å². The number of fused-ring (bicyclic) bond motifs is 1. The minimum atomic E-state index is -1.11. The Morgan fingerprint density at radius 2 is 1.73 bits per heavy atom. The number of anilines is 1. The molecule has 7 heteroatoms. The number of benzene rings is 2. The van der Waals surface area contributed by atoms with E-state index in [1.165, 1.54) is 6.07 Å². The van der Waals surface area contributed by atoms with Gasteiger partial charge < -0.3 is 10.4 Å². The Morgan fingerprint density at radius 3 is 2.43 bits per heavy atom. The van der Waals surface area contributed by atoms with Crippen molar-refractivity contribution in [2.24, 2.45) is 0 Å². The minimum Gasteiger partial charge on any atom is -0.382 e. The van der Waals surface area contributed by atoms with Crippen LogP contribution in [0.5, 0.6) is 0 Å². The van der Waals surface area contributed by atoms with Gasteiger partial charge >= 0.3 is 0 Å². The van der Waals surface area contributed by atoms with Crippen molar-refractivity contribution in [1.29, 1.82) is 0 Å². The highest BCUT2D eigenvalue weighted by Crippen LogP contribution is 2.33. The molecule has 0 bridgehead atoms. The number of nitrogens with zero attached hydrogens (tertiary/aromatic N) is 3. The summed E-state index contributed by atoms with van der Waals surface area (Å²) in [5.41, 5.74) is 2.55. The average molecular weight is 423 g/mol. The van der Waals surface area contributed by atoms with Gasteiger partial charge in [-0.05, 0) is 37.6 Å². The Morgan fingerprint density at radius 1 is 1.00 bits per heavy atom. The van der Waals surface area contributed by atoms with Crippen LogP contribution in [-0.2, 0) is 12.1 Å². The molecule has 0 saturated heterocycles. The summed E-state index contributed by atoms with van der Waals surface area (Å²) in [6.45, 7) is 3.57. The maximum atomic E-state index is 14.0. The van der Waals surface area contributed by atoms with Crippen molar-refractivity contribution in [3.63, 3.8) is 0 Å². The van der Waals surface area contributed by atoms with E-state index in [1.807, 2.05) is 18.2 Å². The second-order valence-electron chi connectivity index (χ2n) is 7.51. The minimum absolute atomic E-state index is 0.274. The maximum absolute atomic E-state index is 14.0. The van der Waals surface area contributed by atoms with Gasteiger partial charge in [0.1, 0.15) is 11.4 Å². The summed E-state index contributed by atoms with van der Waals surface area (Å²) >= 11 is 6.41. The molecule has 4 rings (SSSR count). The van der Waals surface area contributed by atoms with Gasteiger partial charge in [-0.2, -0.15) is 0 Å². The van der Waals surface area contributed by atoms with Crippen LogP contribution in [0.25, 0.3) is 22.0 Å². The molecule has 0 aliphatic heterocycles. The molecule has 0 atom stereocenters. The van der Waals surface area contributed by atoms with Gasteiger partial charge in [-0.15, -0.1) is 0 Å². The topological polar surface area (TPSA) is 70.9 Å². The molecule has 2 aromatic heterocycles. The molecule has 5 nitrogen and oxygen atoms in total. The Balaban J connectivity index is 1.71. The number of halogens is 2. The fourth-order valence-corrected chi connectivity index (χ4v) is 3.36. The third-order valence-corrected chi connectivity index (χ3v) is 5.05. The van der Waals surface area contributed by atoms with Crippen molar-refractivity contribution in [2.45, 2.75) is 26.0 Å². The Kier molecular flexibility index (Phi) is 5.37. The molecule has 0 aliphatic carbocycles. The molecule has 0 fully saturated rings. The number of aliphatic hydroxyl groups is 1. The standard InChI is InChI=1S/C23H20ClFN4O/c1-23(2,30)22-28-11-16(12-29-22)14-7-8-20-17(9-14)21(18(24)13-26-20)27-10-15-5-3-4-6-19(15)25/h3-9,11-13,30H,10H2,1-2H3,(H,26,27). The Hall–Kier alpha value is -3.09. The predicted molar refractivity (Wildman–Crippen MR) is 117 cm³/mol. The van der Waals surface area contributed by atoms with Gasteiger partial charge in [0.25, 0.3) is 0 Å². The molecule has 0 amide bonds. The van der Waals surface area contributed by atoms with Crippen molar-refractivity contribution in [3.8, 4) is 11.1 Å². The van der Waals surface area contributed by atoms with Gasteiger partial charge in [0.05, 0.1) is 16.2 Å². The lowest BCUT2D eigenvalue weighted by Crippen LogP contribution is -2.19. The number of pyridine rings is 1. The van der Waals surface area contributed by atoms with Crippen molar-refractivity contribution < 1.29 is 9.50 Å². The molecule has 30 heavy (non-hydrogen) atoms. The van der Waals surface area contributed by atoms with Gasteiger partial charge in [0, 0.05) is 41.6 Å². The van der Waals surface area contributed by atoms with E-state index in [0.717, 1.165) is 22.0 Å².